The van der Waals surface area contributed by atoms with E-state index in [2.05, 4.69) is 24.1 Å². The summed E-state index contributed by atoms with van der Waals surface area (Å²) in [6.07, 6.45) is 6.72. The summed E-state index contributed by atoms with van der Waals surface area (Å²) >= 11 is 1.84. The molecule has 2 aliphatic rings. The maximum absolute atomic E-state index is 14.2. The van der Waals surface area contributed by atoms with Crippen molar-refractivity contribution < 1.29 is 14.3 Å². The number of fused-ring (bicyclic) bond motifs is 2. The number of nitrogens with one attached hydrogen (secondary N) is 1. The molecule has 0 atom stereocenters. The number of carbonyl (C=O) groups excluding carboxylic acids is 1. The van der Waals surface area contributed by atoms with Crippen LogP contribution < -0.4 is 16.6 Å². The van der Waals surface area contributed by atoms with Crippen LogP contribution in [0.5, 0.6) is 5.88 Å². The first-order valence-electron chi connectivity index (χ1n) is 14.7. The second-order valence-corrected chi connectivity index (χ2v) is 13.2. The molecule has 2 fully saturated rings. The Labute approximate surface area is 246 Å². The molecule has 4 heterocycles. The van der Waals surface area contributed by atoms with Gasteiger partial charge in [-0.25, -0.2) is 14.2 Å². The van der Waals surface area contributed by atoms with Crippen LogP contribution in [0.25, 0.3) is 21.8 Å². The van der Waals surface area contributed by atoms with Gasteiger partial charge in [0, 0.05) is 36.3 Å². The van der Waals surface area contributed by atoms with Crippen LogP contribution in [0, 0.1) is 11.7 Å². The number of benzene rings is 1. The first kappa shape index (κ1) is 28.5. The van der Waals surface area contributed by atoms with E-state index in [-0.39, 0.29) is 46.6 Å². The van der Waals surface area contributed by atoms with E-state index in [9.17, 15) is 23.9 Å². The summed E-state index contributed by atoms with van der Waals surface area (Å²) < 4.78 is 18.9. The van der Waals surface area contributed by atoms with Gasteiger partial charge in [0.05, 0.1) is 22.5 Å². The smallest absolute Gasteiger partial charge is 0.333 e. The van der Waals surface area contributed by atoms with Crippen LogP contribution in [0.3, 0.4) is 0 Å². The molecular weight excluding hydrogens is 557 g/mol. The maximum atomic E-state index is 14.2. The lowest BCUT2D eigenvalue weighted by Gasteiger charge is -2.31. The molecule has 11 heteroatoms. The molecule has 0 spiro atoms. The largest absolute Gasteiger partial charge is 0.494 e. The number of thioether (sulfide) groups is 1. The zero-order valence-electron chi connectivity index (χ0n) is 23.9. The van der Waals surface area contributed by atoms with Crippen molar-refractivity contribution in [1.29, 1.82) is 0 Å². The molecule has 0 bridgehead atoms. The number of hydrogen-bond donors (Lipinski definition) is 2. The van der Waals surface area contributed by atoms with Gasteiger partial charge >= 0.3 is 5.69 Å². The van der Waals surface area contributed by atoms with Crippen molar-refractivity contribution >= 4 is 39.5 Å². The Hall–Kier alpha value is -3.60. The topological polar surface area (TPSA) is 111 Å². The van der Waals surface area contributed by atoms with E-state index >= 15 is 0 Å². The van der Waals surface area contributed by atoms with Gasteiger partial charge in [0.15, 0.2) is 5.88 Å². The van der Waals surface area contributed by atoms with Gasteiger partial charge in [0.2, 0.25) is 0 Å². The molecule has 1 aliphatic carbocycles. The number of rotatable bonds is 6. The van der Waals surface area contributed by atoms with Crippen LogP contribution in [-0.2, 0) is 6.54 Å². The van der Waals surface area contributed by atoms with E-state index in [1.54, 1.807) is 15.2 Å². The Balaban J connectivity index is 1.24. The Morgan fingerprint density at radius 1 is 1.10 bits per heavy atom. The highest BCUT2D eigenvalue weighted by atomic mass is 32.2. The van der Waals surface area contributed by atoms with Gasteiger partial charge in [0.25, 0.3) is 11.5 Å². The number of nitrogens with zero attached hydrogens (tertiary/aromatic N) is 4. The molecule has 9 nitrogen and oxygen atoms in total. The molecule has 1 aliphatic heterocycles. The van der Waals surface area contributed by atoms with Crippen LogP contribution in [0.1, 0.15) is 74.8 Å². The number of hydrogen-bond acceptors (Lipinski definition) is 6. The highest BCUT2D eigenvalue weighted by Crippen LogP contribution is 2.33. The van der Waals surface area contributed by atoms with Gasteiger partial charge in [-0.2, -0.15) is 11.8 Å². The molecule has 2 N–H and O–H groups in total. The average Bonchev–Trinajstić information content (AvgIpc) is 3.29. The lowest BCUT2D eigenvalue weighted by Crippen LogP contribution is -2.46. The summed E-state index contributed by atoms with van der Waals surface area (Å²) in [5, 5.41) is 15.5. The van der Waals surface area contributed by atoms with Crippen molar-refractivity contribution in [1.82, 2.24) is 24.0 Å². The maximum Gasteiger partial charge on any atom is 0.333 e. The first-order valence-corrected chi connectivity index (χ1v) is 15.9. The summed E-state index contributed by atoms with van der Waals surface area (Å²) in [6, 6.07) is 6.02. The van der Waals surface area contributed by atoms with E-state index in [1.165, 1.54) is 10.6 Å². The fourth-order valence-electron chi connectivity index (χ4n) is 6.56. The Morgan fingerprint density at radius 3 is 2.52 bits per heavy atom. The fraction of sp³-hybridized carbons (Fsp3) is 0.484. The molecule has 1 aromatic carbocycles. The van der Waals surface area contributed by atoms with Crippen LogP contribution >= 0.6 is 11.8 Å². The van der Waals surface area contributed by atoms with E-state index in [4.69, 9.17) is 0 Å². The number of pyridine rings is 1. The van der Waals surface area contributed by atoms with Gasteiger partial charge in [-0.1, -0.05) is 26.0 Å². The first-order chi connectivity index (χ1) is 20.2. The van der Waals surface area contributed by atoms with Crippen LogP contribution in [-0.4, -0.2) is 47.2 Å². The minimum Gasteiger partial charge on any atom is -0.494 e. The second-order valence-electron chi connectivity index (χ2n) is 11.9. The number of carbonyl (C=O) groups is 1. The van der Waals surface area contributed by atoms with Crippen LogP contribution in [0.4, 0.5) is 4.39 Å². The van der Waals surface area contributed by atoms with E-state index in [0.717, 1.165) is 35.9 Å². The predicted molar refractivity (Wildman–Crippen MR) is 163 cm³/mol. The normalized spacial score (nSPS) is 20.0. The van der Waals surface area contributed by atoms with Gasteiger partial charge in [0.1, 0.15) is 11.5 Å². The summed E-state index contributed by atoms with van der Waals surface area (Å²) in [6.45, 7) is 4.78. The standard InChI is InChI=1S/C31H36FN5O4S/c1-18(2)16-35-17-19-4-3-5-24(26(19)30(35)40)28(38)34-21-6-8-22(9-7-21)37-29(39)25-14-20(32)15-33-27(25)36(31(37)41)23-10-12-42-13-11-23/h3-5,14-15,17-18,21-23,40H,6-13,16H2,1-2H3,(H,34,38). The predicted octanol–water partition coefficient (Wildman–Crippen LogP) is 5.00. The average molecular weight is 594 g/mol. The van der Waals surface area contributed by atoms with Gasteiger partial charge in [-0.05, 0) is 68.1 Å². The lowest BCUT2D eigenvalue weighted by molar-refractivity contribution is 0.0923. The molecule has 1 saturated heterocycles. The van der Waals surface area contributed by atoms with Gasteiger partial charge in [-0.3, -0.25) is 18.7 Å². The Bertz CT molecular complexity index is 1760. The minimum atomic E-state index is -0.609. The second kappa shape index (κ2) is 11.6. The van der Waals surface area contributed by atoms with Crippen LogP contribution in [0.2, 0.25) is 0 Å². The van der Waals surface area contributed by atoms with Crippen molar-refractivity contribution in [3.05, 3.63) is 68.9 Å². The van der Waals surface area contributed by atoms with Gasteiger partial charge in [-0.15, -0.1) is 0 Å². The Kier molecular flexibility index (Phi) is 7.87. The van der Waals surface area contributed by atoms with Crippen molar-refractivity contribution in [2.45, 2.75) is 77.0 Å². The fourth-order valence-corrected chi connectivity index (χ4v) is 7.64. The summed E-state index contributed by atoms with van der Waals surface area (Å²) in [5.41, 5.74) is -0.225. The van der Waals surface area contributed by atoms with Crippen molar-refractivity contribution in [2.24, 2.45) is 5.92 Å². The third kappa shape index (κ3) is 5.23. The highest BCUT2D eigenvalue weighted by Gasteiger charge is 2.30. The summed E-state index contributed by atoms with van der Waals surface area (Å²) in [5.74, 6) is 1.38. The minimum absolute atomic E-state index is 0.0857. The van der Waals surface area contributed by atoms with Crippen LogP contribution in [0.15, 0.2) is 46.2 Å². The zero-order valence-corrected chi connectivity index (χ0v) is 24.7. The molecule has 6 rings (SSSR count). The third-order valence-electron chi connectivity index (χ3n) is 8.57. The van der Waals surface area contributed by atoms with Crippen molar-refractivity contribution in [3.63, 3.8) is 0 Å². The highest BCUT2D eigenvalue weighted by molar-refractivity contribution is 7.99. The van der Waals surface area contributed by atoms with E-state index in [0.29, 0.717) is 49.1 Å². The molecule has 3 aromatic heterocycles. The summed E-state index contributed by atoms with van der Waals surface area (Å²) in [7, 11) is 0. The Morgan fingerprint density at radius 2 is 1.81 bits per heavy atom. The summed E-state index contributed by atoms with van der Waals surface area (Å²) in [4.78, 5) is 45.0. The van der Waals surface area contributed by atoms with Gasteiger partial charge < -0.3 is 15.0 Å². The monoisotopic (exact) mass is 593 g/mol. The molecule has 1 amide bonds. The molecule has 222 valence electrons. The molecular formula is C31H36FN5O4S. The SMILES string of the molecule is CC(C)Cn1cc2cccc(C(=O)NC3CCC(n4c(=O)c5cc(F)cnc5n(C5CCSCC5)c4=O)CC3)c2c1O. The lowest BCUT2D eigenvalue weighted by atomic mass is 9.90. The molecule has 1 saturated carbocycles. The van der Waals surface area contributed by atoms with Crippen molar-refractivity contribution in [2.75, 3.05) is 11.5 Å². The molecule has 0 unspecified atom stereocenters. The third-order valence-corrected chi connectivity index (χ3v) is 9.62. The number of halogens is 1. The molecule has 0 radical (unpaired) electrons. The zero-order chi connectivity index (χ0) is 29.5. The molecule has 4 aromatic rings. The number of amides is 1. The number of aromatic nitrogens is 4. The number of aromatic hydroxyl groups is 1. The molecule has 42 heavy (non-hydrogen) atoms. The van der Waals surface area contributed by atoms with E-state index < -0.39 is 11.4 Å². The van der Waals surface area contributed by atoms with E-state index in [1.807, 2.05) is 30.1 Å². The van der Waals surface area contributed by atoms with Crippen molar-refractivity contribution in [3.8, 4) is 5.88 Å². The quantitative estimate of drug-likeness (QED) is 0.326.